The van der Waals surface area contributed by atoms with Crippen molar-refractivity contribution in [2.75, 3.05) is 11.9 Å². The van der Waals surface area contributed by atoms with Crippen LogP contribution in [-0.4, -0.2) is 76.3 Å². The Morgan fingerprint density at radius 2 is 1.86 bits per heavy atom. The zero-order chi connectivity index (χ0) is 26.9. The van der Waals surface area contributed by atoms with Gasteiger partial charge in [-0.2, -0.15) is 0 Å². The molecule has 1 unspecified atom stereocenters. The first-order chi connectivity index (χ1) is 17.5. The minimum Gasteiger partial charge on any atom is -0.460 e. The van der Waals surface area contributed by atoms with E-state index < -0.39 is 47.9 Å². The highest BCUT2D eigenvalue weighted by Gasteiger charge is 2.45. The summed E-state index contributed by atoms with van der Waals surface area (Å²) in [4.78, 5) is 75.4. The second-order valence-electron chi connectivity index (χ2n) is 9.31. The maximum Gasteiger partial charge on any atom is 0.308 e. The molecule has 0 bridgehead atoms. The number of hydrazine groups is 1. The molecule has 5 amide bonds. The Labute approximate surface area is 218 Å². The lowest BCUT2D eigenvalue weighted by Gasteiger charge is -2.43. The van der Waals surface area contributed by atoms with Crippen molar-refractivity contribution >= 4 is 52.8 Å². The summed E-state index contributed by atoms with van der Waals surface area (Å²) >= 11 is 6.17. The predicted octanol–water partition coefficient (Wildman–Crippen LogP) is 0.745. The van der Waals surface area contributed by atoms with Gasteiger partial charge in [-0.05, 0) is 44.4 Å². The van der Waals surface area contributed by atoms with Gasteiger partial charge >= 0.3 is 5.97 Å². The quantitative estimate of drug-likeness (QED) is 0.472. The molecule has 0 spiro atoms. The lowest BCUT2D eigenvalue weighted by molar-refractivity contribution is -0.176. The Hall–Kier alpha value is -3.67. The van der Waals surface area contributed by atoms with E-state index in [1.807, 2.05) is 0 Å². The van der Waals surface area contributed by atoms with E-state index in [-0.39, 0.29) is 48.2 Å². The highest BCUT2D eigenvalue weighted by atomic mass is 35.5. The molecule has 3 saturated heterocycles. The smallest absolute Gasteiger partial charge is 0.308 e. The molecule has 4 rings (SSSR count). The van der Waals surface area contributed by atoms with Crippen LogP contribution in [0.1, 0.15) is 56.3 Å². The fourth-order valence-electron chi connectivity index (χ4n) is 4.73. The van der Waals surface area contributed by atoms with Crippen LogP contribution in [0.2, 0.25) is 5.02 Å². The van der Waals surface area contributed by atoms with E-state index in [9.17, 15) is 28.8 Å². The molecule has 3 N–H and O–H groups in total. The monoisotopic (exact) mass is 533 g/mol. The average Bonchev–Trinajstić information content (AvgIpc) is 3.11. The molecule has 1 aromatic carbocycles. The first-order valence-corrected chi connectivity index (χ1v) is 12.4. The summed E-state index contributed by atoms with van der Waals surface area (Å²) in [5.41, 5.74) is 0.496. The predicted molar refractivity (Wildman–Crippen MR) is 130 cm³/mol. The van der Waals surface area contributed by atoms with Crippen LogP contribution in [0.4, 0.5) is 5.69 Å². The van der Waals surface area contributed by atoms with Crippen molar-refractivity contribution in [3.05, 3.63) is 28.8 Å². The van der Waals surface area contributed by atoms with Crippen molar-refractivity contribution in [1.29, 1.82) is 0 Å². The van der Waals surface area contributed by atoms with E-state index >= 15 is 0 Å². The van der Waals surface area contributed by atoms with Crippen molar-refractivity contribution in [3.8, 4) is 0 Å². The fourth-order valence-corrected chi connectivity index (χ4v) is 4.95. The lowest BCUT2D eigenvalue weighted by atomic mass is 10.0. The molecule has 198 valence electrons. The van der Waals surface area contributed by atoms with Crippen LogP contribution < -0.4 is 16.0 Å². The van der Waals surface area contributed by atoms with Gasteiger partial charge in [-0.15, -0.1) is 0 Å². The molecular formula is C24H28ClN5O7. The van der Waals surface area contributed by atoms with Gasteiger partial charge in [0.15, 0.2) is 0 Å². The first kappa shape index (κ1) is 26.4. The second kappa shape index (κ2) is 10.8. The molecule has 4 atom stereocenters. The van der Waals surface area contributed by atoms with Crippen LogP contribution in [0.25, 0.3) is 0 Å². The number of hydrogen-bond acceptors (Lipinski definition) is 7. The van der Waals surface area contributed by atoms with Gasteiger partial charge in [0.25, 0.3) is 11.8 Å². The van der Waals surface area contributed by atoms with Crippen LogP contribution in [0.5, 0.6) is 0 Å². The SMILES string of the molecule is CC(=O)Nc1ccc(C(=O)N[C@H]2CCC(=O)N3CCC[C@@H](C(=O)N[C@H]4CC(=O)OC4C)N3C2=O)cc1Cl. The number of esters is 1. The first-order valence-electron chi connectivity index (χ1n) is 12.1. The molecule has 3 fully saturated rings. The highest BCUT2D eigenvalue weighted by molar-refractivity contribution is 6.34. The van der Waals surface area contributed by atoms with E-state index in [1.54, 1.807) is 6.92 Å². The van der Waals surface area contributed by atoms with E-state index in [1.165, 1.54) is 30.1 Å². The number of fused-ring (bicyclic) bond motifs is 1. The number of carbonyl (C=O) groups is 6. The standard InChI is InChI=1S/C24H28ClN5O7/c1-12-18(11-21(33)37-12)28-23(35)19-4-3-9-29-20(32)8-7-17(24(36)30(19)29)27-22(34)14-5-6-16(15(25)10-14)26-13(2)31/h5-6,10,12,17-19H,3-4,7-9,11H2,1-2H3,(H,26,31)(H,27,34)(H,28,35)/t12?,17-,18-,19-/m0/s1. The number of carbonyl (C=O) groups excluding carboxylic acids is 6. The van der Waals surface area contributed by atoms with Gasteiger partial charge in [0.1, 0.15) is 18.2 Å². The molecule has 3 aliphatic heterocycles. The Morgan fingerprint density at radius 1 is 1.11 bits per heavy atom. The maximum absolute atomic E-state index is 13.6. The van der Waals surface area contributed by atoms with Gasteiger partial charge in [-0.25, -0.2) is 5.01 Å². The van der Waals surface area contributed by atoms with E-state index in [4.69, 9.17) is 16.3 Å². The van der Waals surface area contributed by atoms with Crippen LogP contribution >= 0.6 is 11.6 Å². The van der Waals surface area contributed by atoms with Gasteiger partial charge in [-0.3, -0.25) is 33.8 Å². The van der Waals surface area contributed by atoms with Gasteiger partial charge < -0.3 is 20.7 Å². The molecule has 0 aliphatic carbocycles. The topological polar surface area (TPSA) is 154 Å². The number of ether oxygens (including phenoxy) is 1. The number of rotatable bonds is 5. The molecule has 12 nitrogen and oxygen atoms in total. The number of anilines is 1. The van der Waals surface area contributed by atoms with Gasteiger partial charge in [0, 0.05) is 25.5 Å². The fraction of sp³-hybridized carbons (Fsp3) is 0.500. The summed E-state index contributed by atoms with van der Waals surface area (Å²) in [6, 6.07) is 1.73. The molecule has 0 radical (unpaired) electrons. The Kier molecular flexibility index (Phi) is 7.67. The molecule has 3 heterocycles. The van der Waals surface area contributed by atoms with Gasteiger partial charge in [0.05, 0.1) is 23.2 Å². The number of cyclic esters (lactones) is 1. The third-order valence-electron chi connectivity index (χ3n) is 6.61. The number of nitrogens with zero attached hydrogens (tertiary/aromatic N) is 2. The van der Waals surface area contributed by atoms with E-state index in [0.717, 1.165) is 5.01 Å². The van der Waals surface area contributed by atoms with Crippen molar-refractivity contribution in [1.82, 2.24) is 20.7 Å². The zero-order valence-corrected chi connectivity index (χ0v) is 21.2. The van der Waals surface area contributed by atoms with Gasteiger partial charge in [-0.1, -0.05) is 11.6 Å². The average molecular weight is 534 g/mol. The number of halogens is 1. The Bertz CT molecular complexity index is 1160. The number of hydrogen-bond donors (Lipinski definition) is 3. The van der Waals surface area contributed by atoms with Gasteiger partial charge in [0.2, 0.25) is 17.7 Å². The van der Waals surface area contributed by atoms with Crippen LogP contribution in [0, 0.1) is 0 Å². The summed E-state index contributed by atoms with van der Waals surface area (Å²) in [6.07, 6.45) is 0.417. The zero-order valence-electron chi connectivity index (χ0n) is 20.4. The van der Waals surface area contributed by atoms with Crippen LogP contribution in [-0.2, 0) is 28.7 Å². The molecule has 13 heteroatoms. The summed E-state index contributed by atoms with van der Waals surface area (Å²) in [5.74, 6) is -2.72. The van der Waals surface area contributed by atoms with Crippen molar-refractivity contribution < 1.29 is 33.5 Å². The Balaban J connectivity index is 1.51. The molecule has 0 aromatic heterocycles. The maximum atomic E-state index is 13.6. The summed E-state index contributed by atoms with van der Waals surface area (Å²) < 4.78 is 5.09. The Morgan fingerprint density at radius 3 is 2.51 bits per heavy atom. The third kappa shape index (κ3) is 5.68. The summed E-state index contributed by atoms with van der Waals surface area (Å²) in [6.45, 7) is 3.27. The van der Waals surface area contributed by atoms with E-state index in [2.05, 4.69) is 16.0 Å². The summed E-state index contributed by atoms with van der Waals surface area (Å²) in [5, 5.41) is 10.6. The molecule has 1 aromatic rings. The third-order valence-corrected chi connectivity index (χ3v) is 6.92. The largest absolute Gasteiger partial charge is 0.460 e. The van der Waals surface area contributed by atoms with Crippen LogP contribution in [0.3, 0.4) is 0 Å². The molecule has 3 aliphatic rings. The minimum atomic E-state index is -1.06. The second-order valence-corrected chi connectivity index (χ2v) is 9.72. The molecule has 37 heavy (non-hydrogen) atoms. The normalized spacial score (nSPS) is 25.6. The minimum absolute atomic E-state index is 0.00571. The van der Waals surface area contributed by atoms with Crippen LogP contribution in [0.15, 0.2) is 18.2 Å². The van der Waals surface area contributed by atoms with Crippen molar-refractivity contribution in [3.63, 3.8) is 0 Å². The molecular weight excluding hydrogens is 506 g/mol. The lowest BCUT2D eigenvalue weighted by Crippen LogP contribution is -2.64. The number of nitrogens with one attached hydrogen (secondary N) is 3. The van der Waals surface area contributed by atoms with Crippen molar-refractivity contribution in [2.24, 2.45) is 0 Å². The highest BCUT2D eigenvalue weighted by Crippen LogP contribution is 2.27. The number of amides is 5. The summed E-state index contributed by atoms with van der Waals surface area (Å²) in [7, 11) is 0. The molecule has 0 saturated carbocycles. The number of benzene rings is 1. The van der Waals surface area contributed by atoms with Crippen molar-refractivity contribution in [2.45, 2.75) is 70.2 Å². The van der Waals surface area contributed by atoms with E-state index in [0.29, 0.717) is 18.5 Å².